The van der Waals surface area contributed by atoms with Crippen molar-refractivity contribution in [3.8, 4) is 0 Å². The van der Waals surface area contributed by atoms with Gasteiger partial charge in [0.05, 0.1) is 6.54 Å². The number of carbonyl (C=O) groups excluding carboxylic acids is 2. The Morgan fingerprint density at radius 1 is 0.850 bits per heavy atom. The largest absolute Gasteiger partial charge is 0.332 e. The summed E-state index contributed by atoms with van der Waals surface area (Å²) >= 11 is 1.68. The lowest BCUT2D eigenvalue weighted by molar-refractivity contribution is -0.133. The third-order valence-electron chi connectivity index (χ3n) is 7.89. The average Bonchev–Trinajstić information content (AvgIpc) is 3.65. The van der Waals surface area contributed by atoms with E-state index in [1.54, 1.807) is 16.2 Å². The molecule has 5 nitrogen and oxygen atoms in total. The molecule has 3 aromatic rings. The first kappa shape index (κ1) is 30.0. The van der Waals surface area contributed by atoms with Crippen molar-refractivity contribution in [2.24, 2.45) is 0 Å². The van der Waals surface area contributed by atoms with E-state index < -0.39 is 0 Å². The van der Waals surface area contributed by atoms with Crippen LogP contribution in [0.1, 0.15) is 77.4 Å². The Hall–Kier alpha value is -2.96. The van der Waals surface area contributed by atoms with Gasteiger partial charge in [0.1, 0.15) is 6.54 Å². The fourth-order valence-corrected chi connectivity index (χ4v) is 6.23. The van der Waals surface area contributed by atoms with Gasteiger partial charge < -0.3 is 14.7 Å². The van der Waals surface area contributed by atoms with E-state index in [-0.39, 0.29) is 18.4 Å². The summed E-state index contributed by atoms with van der Waals surface area (Å²) in [6.07, 6.45) is 8.38. The van der Waals surface area contributed by atoms with Gasteiger partial charge in [-0.2, -0.15) is 0 Å². The number of nitrogens with zero attached hydrogens (tertiary/aromatic N) is 3. The van der Waals surface area contributed by atoms with Crippen LogP contribution < -0.4 is 0 Å². The van der Waals surface area contributed by atoms with Gasteiger partial charge in [-0.15, -0.1) is 11.3 Å². The lowest BCUT2D eigenvalue weighted by Gasteiger charge is -2.29. The van der Waals surface area contributed by atoms with Gasteiger partial charge in [-0.05, 0) is 86.0 Å². The second kappa shape index (κ2) is 15.7. The molecule has 0 spiro atoms. The molecule has 2 heterocycles. The fourth-order valence-electron chi connectivity index (χ4n) is 5.31. The molecule has 0 saturated carbocycles. The van der Waals surface area contributed by atoms with Crippen LogP contribution in [0.25, 0.3) is 0 Å². The van der Waals surface area contributed by atoms with E-state index in [1.165, 1.54) is 54.5 Å². The molecule has 1 aliphatic rings. The maximum Gasteiger partial charge on any atom is 0.254 e. The Bertz CT molecular complexity index is 1190. The Morgan fingerprint density at radius 2 is 1.60 bits per heavy atom. The summed E-state index contributed by atoms with van der Waals surface area (Å²) in [4.78, 5) is 34.9. The monoisotopic (exact) mass is 559 g/mol. The third-order valence-corrected chi connectivity index (χ3v) is 8.90. The second-order valence-corrected chi connectivity index (χ2v) is 12.0. The summed E-state index contributed by atoms with van der Waals surface area (Å²) in [7, 11) is 0. The Kier molecular flexibility index (Phi) is 11.8. The van der Waals surface area contributed by atoms with Crippen molar-refractivity contribution in [2.75, 3.05) is 32.7 Å². The maximum atomic E-state index is 13.9. The average molecular weight is 560 g/mol. The first-order chi connectivity index (χ1) is 19.5. The predicted octanol–water partition coefficient (Wildman–Crippen LogP) is 6.95. The zero-order valence-corrected chi connectivity index (χ0v) is 25.1. The molecule has 1 aromatic heterocycles. The van der Waals surface area contributed by atoms with Crippen molar-refractivity contribution in [1.29, 1.82) is 0 Å². The number of likely N-dealkylation sites (tertiary alicyclic amines) is 1. The standard InChI is InChI=1S/C34H45N3O2S/c1-3-4-5-7-12-29-15-17-31(18-16-29)34(39)36(23-22-35-20-10-11-21-35)27-33(38)37(25-30-13-8-6-9-14-30)26-32-28(2)19-24-40-32/h6,8-9,13-19,24H,3-5,7,10-12,20-23,25-27H2,1-2H3. The molecule has 0 radical (unpaired) electrons. The maximum absolute atomic E-state index is 13.9. The van der Waals surface area contributed by atoms with Crippen LogP contribution in [-0.4, -0.2) is 59.2 Å². The van der Waals surface area contributed by atoms with E-state index in [0.29, 0.717) is 25.2 Å². The fraction of sp³-hybridized carbons (Fsp3) is 0.471. The number of rotatable bonds is 15. The van der Waals surface area contributed by atoms with Crippen LogP contribution in [0.15, 0.2) is 66.0 Å². The van der Waals surface area contributed by atoms with E-state index in [9.17, 15) is 9.59 Å². The van der Waals surface area contributed by atoms with Crippen LogP contribution in [0.3, 0.4) is 0 Å². The van der Waals surface area contributed by atoms with Gasteiger partial charge in [-0.1, -0.05) is 68.7 Å². The minimum atomic E-state index is -0.0583. The lowest BCUT2D eigenvalue weighted by Crippen LogP contribution is -2.45. The molecule has 1 aliphatic heterocycles. The molecule has 0 N–H and O–H groups in total. The van der Waals surface area contributed by atoms with Crippen LogP contribution in [0.4, 0.5) is 0 Å². The van der Waals surface area contributed by atoms with Crippen LogP contribution in [0.5, 0.6) is 0 Å². The Labute approximate surface area is 244 Å². The first-order valence-corrected chi connectivity index (χ1v) is 15.9. The Balaban J connectivity index is 1.48. The van der Waals surface area contributed by atoms with E-state index in [0.717, 1.165) is 31.6 Å². The van der Waals surface area contributed by atoms with Gasteiger partial charge in [0.15, 0.2) is 0 Å². The van der Waals surface area contributed by atoms with E-state index >= 15 is 0 Å². The van der Waals surface area contributed by atoms with Crippen molar-refractivity contribution in [3.05, 3.63) is 93.2 Å². The highest BCUT2D eigenvalue weighted by Crippen LogP contribution is 2.20. The number of carbonyl (C=O) groups is 2. The molecule has 214 valence electrons. The van der Waals surface area contributed by atoms with E-state index in [4.69, 9.17) is 0 Å². The molecule has 0 aliphatic carbocycles. The minimum Gasteiger partial charge on any atom is -0.332 e. The number of unbranched alkanes of at least 4 members (excludes halogenated alkanes) is 3. The smallest absolute Gasteiger partial charge is 0.254 e. The number of amides is 2. The van der Waals surface area contributed by atoms with Crippen molar-refractivity contribution < 1.29 is 9.59 Å². The summed E-state index contributed by atoms with van der Waals surface area (Å²) in [5.74, 6) is -0.0731. The first-order valence-electron chi connectivity index (χ1n) is 15.0. The van der Waals surface area contributed by atoms with Crippen molar-refractivity contribution in [1.82, 2.24) is 14.7 Å². The molecule has 4 rings (SSSR count). The predicted molar refractivity (Wildman–Crippen MR) is 166 cm³/mol. The molecule has 0 bridgehead atoms. The zero-order valence-electron chi connectivity index (χ0n) is 24.3. The lowest BCUT2D eigenvalue weighted by atomic mass is 10.0. The van der Waals surface area contributed by atoms with Crippen molar-refractivity contribution >= 4 is 23.2 Å². The van der Waals surface area contributed by atoms with Crippen LogP contribution in [-0.2, 0) is 24.3 Å². The molecule has 1 saturated heterocycles. The van der Waals surface area contributed by atoms with Gasteiger partial charge >= 0.3 is 0 Å². The zero-order chi connectivity index (χ0) is 28.2. The molecule has 0 unspecified atom stereocenters. The van der Waals surface area contributed by atoms with Crippen LogP contribution in [0.2, 0.25) is 0 Å². The topological polar surface area (TPSA) is 43.9 Å². The third kappa shape index (κ3) is 9.03. The summed E-state index contributed by atoms with van der Waals surface area (Å²) in [6, 6.07) is 20.3. The highest BCUT2D eigenvalue weighted by atomic mass is 32.1. The molecule has 2 amide bonds. The summed E-state index contributed by atoms with van der Waals surface area (Å²) in [5, 5.41) is 2.08. The number of benzene rings is 2. The molecule has 6 heteroatoms. The van der Waals surface area contributed by atoms with Gasteiger partial charge in [-0.25, -0.2) is 0 Å². The second-order valence-electron chi connectivity index (χ2n) is 11.0. The van der Waals surface area contributed by atoms with Crippen molar-refractivity contribution in [2.45, 2.75) is 71.9 Å². The van der Waals surface area contributed by atoms with Crippen LogP contribution >= 0.6 is 11.3 Å². The highest BCUT2D eigenvalue weighted by Gasteiger charge is 2.24. The van der Waals surface area contributed by atoms with Gasteiger partial charge in [0.2, 0.25) is 5.91 Å². The number of thiophene rings is 1. The number of hydrogen-bond acceptors (Lipinski definition) is 4. The van der Waals surface area contributed by atoms with Gasteiger partial charge in [-0.3, -0.25) is 9.59 Å². The molecule has 0 atom stereocenters. The molecular formula is C34H45N3O2S. The quantitative estimate of drug-likeness (QED) is 0.189. The summed E-state index contributed by atoms with van der Waals surface area (Å²) in [5.41, 5.74) is 4.23. The van der Waals surface area contributed by atoms with E-state index in [2.05, 4.69) is 54.5 Å². The normalized spacial score (nSPS) is 13.4. The molecule has 1 fully saturated rings. The van der Waals surface area contributed by atoms with E-state index in [1.807, 2.05) is 35.2 Å². The van der Waals surface area contributed by atoms with Crippen LogP contribution in [0, 0.1) is 6.92 Å². The summed E-state index contributed by atoms with van der Waals surface area (Å²) < 4.78 is 0. The summed E-state index contributed by atoms with van der Waals surface area (Å²) in [6.45, 7) is 8.98. The number of hydrogen-bond donors (Lipinski definition) is 0. The van der Waals surface area contributed by atoms with Gasteiger partial charge in [0, 0.05) is 30.1 Å². The SMILES string of the molecule is CCCCCCc1ccc(C(=O)N(CCN2CCCC2)CC(=O)N(Cc2ccccc2)Cc2sccc2C)cc1. The van der Waals surface area contributed by atoms with Gasteiger partial charge in [0.25, 0.3) is 5.91 Å². The highest BCUT2D eigenvalue weighted by molar-refractivity contribution is 7.10. The Morgan fingerprint density at radius 3 is 2.27 bits per heavy atom. The number of aryl methyl sites for hydroxylation is 2. The minimum absolute atomic E-state index is 0.0148. The van der Waals surface area contributed by atoms with Crippen molar-refractivity contribution in [3.63, 3.8) is 0 Å². The molecule has 2 aromatic carbocycles. The molecular weight excluding hydrogens is 514 g/mol. The molecule has 40 heavy (non-hydrogen) atoms.